The van der Waals surface area contributed by atoms with E-state index in [9.17, 15) is 9.90 Å². The minimum atomic E-state index is -1.64. The van der Waals surface area contributed by atoms with Crippen molar-refractivity contribution in [3.63, 3.8) is 0 Å². The molecular formula is C28H36Cl3N3O2. The van der Waals surface area contributed by atoms with Gasteiger partial charge in [0.15, 0.2) is 3.79 Å². The molecule has 0 saturated carbocycles. The summed E-state index contributed by atoms with van der Waals surface area (Å²) < 4.78 is -1.64. The zero-order valence-corrected chi connectivity index (χ0v) is 23.3. The number of amides is 1. The van der Waals surface area contributed by atoms with Crippen molar-refractivity contribution in [3.05, 3.63) is 71.8 Å². The predicted molar refractivity (Wildman–Crippen MR) is 151 cm³/mol. The van der Waals surface area contributed by atoms with Gasteiger partial charge in [0.05, 0.1) is 12.0 Å². The van der Waals surface area contributed by atoms with Crippen molar-refractivity contribution in [3.8, 4) is 5.75 Å². The molecule has 8 heteroatoms. The van der Waals surface area contributed by atoms with Gasteiger partial charge in [-0.15, -0.1) is 0 Å². The second-order valence-corrected chi connectivity index (χ2v) is 11.9. The summed E-state index contributed by atoms with van der Waals surface area (Å²) in [7, 11) is 0. The molecule has 0 radical (unpaired) electrons. The number of aromatic hydroxyl groups is 1. The first-order chi connectivity index (χ1) is 17.1. The lowest BCUT2D eigenvalue weighted by Gasteiger charge is -2.30. The van der Waals surface area contributed by atoms with Gasteiger partial charge in [-0.25, -0.2) is 0 Å². The number of rotatable bonds is 12. The molecule has 0 fully saturated rings. The molecule has 0 aromatic heterocycles. The van der Waals surface area contributed by atoms with Gasteiger partial charge in [0.25, 0.3) is 0 Å². The van der Waals surface area contributed by atoms with Crippen LogP contribution in [0.15, 0.2) is 66.2 Å². The van der Waals surface area contributed by atoms with Crippen molar-refractivity contribution >= 4 is 46.4 Å². The molecule has 1 aliphatic rings. The maximum atomic E-state index is 12.8. The largest absolute Gasteiger partial charge is 0.508 e. The minimum Gasteiger partial charge on any atom is -0.508 e. The SMILES string of the molecule is CCN(CC)CCN(CC1=CC(Cc2ccccc2)(NC(=O)CC(Cl)(Cl)Cl)CC1)c1cccc(O)c1. The van der Waals surface area contributed by atoms with Gasteiger partial charge in [0, 0.05) is 31.4 Å². The Morgan fingerprint density at radius 3 is 2.42 bits per heavy atom. The fourth-order valence-electron chi connectivity index (χ4n) is 4.83. The summed E-state index contributed by atoms with van der Waals surface area (Å²) >= 11 is 17.7. The fourth-order valence-corrected chi connectivity index (χ4v) is 5.19. The zero-order chi connectivity index (χ0) is 26.2. The molecule has 0 saturated heterocycles. The number of anilines is 1. The third kappa shape index (κ3) is 8.88. The number of phenols is 1. The smallest absolute Gasteiger partial charge is 0.224 e. The van der Waals surface area contributed by atoms with Crippen LogP contribution in [-0.2, 0) is 11.2 Å². The standard InChI is InChI=1S/C28H36Cl3N3O2/c1-3-33(4-2)15-16-34(24-11-8-12-25(35)17-24)21-23-13-14-27(19-23,18-22-9-6-5-7-10-22)32-26(36)20-28(29,30)31/h5-12,17,19,35H,3-4,13-16,18,20-21H2,1-2H3,(H,32,36). The molecule has 2 N–H and O–H groups in total. The highest BCUT2D eigenvalue weighted by molar-refractivity contribution is 6.68. The Labute approximate surface area is 230 Å². The van der Waals surface area contributed by atoms with Crippen molar-refractivity contribution in [1.82, 2.24) is 10.2 Å². The second kappa shape index (κ2) is 13.0. The minimum absolute atomic E-state index is 0.198. The van der Waals surface area contributed by atoms with E-state index in [0.717, 1.165) is 50.3 Å². The van der Waals surface area contributed by atoms with E-state index in [0.29, 0.717) is 13.0 Å². The van der Waals surface area contributed by atoms with Gasteiger partial charge in [-0.3, -0.25) is 4.79 Å². The Bertz CT molecular complexity index is 1020. The molecule has 0 bridgehead atoms. The molecular weight excluding hydrogens is 517 g/mol. The van der Waals surface area contributed by atoms with Gasteiger partial charge in [-0.05, 0) is 50.0 Å². The summed E-state index contributed by atoms with van der Waals surface area (Å²) in [6.07, 6.45) is 4.28. The summed E-state index contributed by atoms with van der Waals surface area (Å²) in [5.41, 5.74) is 2.80. The van der Waals surface area contributed by atoms with E-state index in [2.05, 4.69) is 47.2 Å². The average Bonchev–Trinajstić information content (AvgIpc) is 3.19. The van der Waals surface area contributed by atoms with Crippen LogP contribution in [0.25, 0.3) is 0 Å². The third-order valence-electron chi connectivity index (χ3n) is 6.65. The highest BCUT2D eigenvalue weighted by Crippen LogP contribution is 2.35. The van der Waals surface area contributed by atoms with Crippen LogP contribution in [0.3, 0.4) is 0 Å². The molecule has 1 amide bonds. The normalized spacial score (nSPS) is 17.8. The first-order valence-electron chi connectivity index (χ1n) is 12.5. The molecule has 0 heterocycles. The highest BCUT2D eigenvalue weighted by atomic mass is 35.6. The molecule has 36 heavy (non-hydrogen) atoms. The van der Waals surface area contributed by atoms with Crippen LogP contribution < -0.4 is 10.2 Å². The van der Waals surface area contributed by atoms with Crippen molar-refractivity contribution in [1.29, 1.82) is 0 Å². The molecule has 2 aromatic rings. The van der Waals surface area contributed by atoms with Crippen molar-refractivity contribution in [2.75, 3.05) is 37.6 Å². The van der Waals surface area contributed by atoms with E-state index in [1.54, 1.807) is 12.1 Å². The summed E-state index contributed by atoms with van der Waals surface area (Å²) in [5.74, 6) is -0.0343. The lowest BCUT2D eigenvalue weighted by atomic mass is 9.90. The number of hydrogen-bond donors (Lipinski definition) is 2. The number of hydrogen-bond acceptors (Lipinski definition) is 4. The quantitative estimate of drug-likeness (QED) is 0.246. The first kappa shape index (κ1) is 28.6. The Hall–Kier alpha value is -1.92. The van der Waals surface area contributed by atoms with Gasteiger partial charge < -0.3 is 20.2 Å². The number of halogens is 3. The molecule has 5 nitrogen and oxygen atoms in total. The van der Waals surface area contributed by atoms with E-state index >= 15 is 0 Å². The molecule has 1 aliphatic carbocycles. The number of alkyl halides is 3. The number of carbonyl (C=O) groups is 1. The zero-order valence-electron chi connectivity index (χ0n) is 21.0. The Morgan fingerprint density at radius 2 is 1.78 bits per heavy atom. The Kier molecular flexibility index (Phi) is 10.4. The topological polar surface area (TPSA) is 55.8 Å². The number of carbonyl (C=O) groups excluding carboxylic acids is 1. The lowest BCUT2D eigenvalue weighted by molar-refractivity contribution is -0.122. The Morgan fingerprint density at radius 1 is 1.06 bits per heavy atom. The van der Waals surface area contributed by atoms with Gasteiger partial charge >= 0.3 is 0 Å². The van der Waals surface area contributed by atoms with E-state index in [-0.39, 0.29) is 18.1 Å². The molecule has 0 aliphatic heterocycles. The number of benzene rings is 2. The fraction of sp³-hybridized carbons (Fsp3) is 0.464. The molecule has 2 aromatic carbocycles. The van der Waals surface area contributed by atoms with Crippen molar-refractivity contribution < 1.29 is 9.90 Å². The molecule has 0 spiro atoms. The van der Waals surface area contributed by atoms with Crippen LogP contribution in [0, 0.1) is 0 Å². The number of nitrogens with one attached hydrogen (secondary N) is 1. The average molecular weight is 553 g/mol. The van der Waals surface area contributed by atoms with E-state index in [4.69, 9.17) is 34.8 Å². The third-order valence-corrected chi connectivity index (χ3v) is 7.05. The number of nitrogens with zero attached hydrogens (tertiary/aromatic N) is 2. The van der Waals surface area contributed by atoms with Gasteiger partial charge in [-0.1, -0.05) is 96.7 Å². The van der Waals surface area contributed by atoms with Crippen molar-refractivity contribution in [2.45, 2.75) is 48.9 Å². The van der Waals surface area contributed by atoms with Gasteiger partial charge in [-0.2, -0.15) is 0 Å². The summed E-state index contributed by atoms with van der Waals surface area (Å²) in [6, 6.07) is 17.5. The predicted octanol–water partition coefficient (Wildman–Crippen LogP) is 6.12. The monoisotopic (exact) mass is 551 g/mol. The van der Waals surface area contributed by atoms with Crippen LogP contribution >= 0.6 is 34.8 Å². The van der Waals surface area contributed by atoms with E-state index in [1.807, 2.05) is 30.3 Å². The maximum absolute atomic E-state index is 12.8. The molecule has 1 atom stereocenters. The summed E-state index contributed by atoms with van der Waals surface area (Å²) in [4.78, 5) is 17.5. The first-order valence-corrected chi connectivity index (χ1v) is 13.6. The summed E-state index contributed by atoms with van der Waals surface area (Å²) in [5, 5.41) is 13.3. The number of phenolic OH excluding ortho intramolecular Hbond substituents is 1. The molecule has 3 rings (SSSR count). The molecule has 1 unspecified atom stereocenters. The van der Waals surface area contributed by atoms with E-state index in [1.165, 1.54) is 5.57 Å². The van der Waals surface area contributed by atoms with E-state index < -0.39 is 9.33 Å². The van der Waals surface area contributed by atoms with Crippen molar-refractivity contribution in [2.24, 2.45) is 0 Å². The van der Waals surface area contributed by atoms with Crippen LogP contribution in [0.2, 0.25) is 0 Å². The summed E-state index contributed by atoms with van der Waals surface area (Å²) in [6.45, 7) is 8.77. The van der Waals surface area contributed by atoms with Gasteiger partial charge in [0.1, 0.15) is 5.75 Å². The molecule has 196 valence electrons. The second-order valence-electron chi connectivity index (χ2n) is 9.43. The Balaban J connectivity index is 1.85. The van der Waals surface area contributed by atoms with Crippen LogP contribution in [0.5, 0.6) is 5.75 Å². The van der Waals surface area contributed by atoms with Crippen LogP contribution in [0.4, 0.5) is 5.69 Å². The van der Waals surface area contributed by atoms with Crippen LogP contribution in [0.1, 0.15) is 38.7 Å². The maximum Gasteiger partial charge on any atom is 0.224 e. The van der Waals surface area contributed by atoms with Gasteiger partial charge in [0.2, 0.25) is 5.91 Å². The van der Waals surface area contributed by atoms with Crippen LogP contribution in [-0.4, -0.2) is 58.0 Å². The highest BCUT2D eigenvalue weighted by Gasteiger charge is 2.37. The number of likely N-dealkylation sites (N-methyl/N-ethyl adjacent to an activating group) is 1. The lowest BCUT2D eigenvalue weighted by Crippen LogP contribution is -2.48.